The van der Waals surface area contributed by atoms with E-state index in [9.17, 15) is 5.11 Å². The van der Waals surface area contributed by atoms with Crippen molar-refractivity contribution in [1.82, 2.24) is 4.68 Å². The zero-order valence-corrected chi connectivity index (χ0v) is 7.62. The molecule has 0 amide bonds. The molecule has 68 valence electrons. The third-order valence-electron chi connectivity index (χ3n) is 1.64. The summed E-state index contributed by atoms with van der Waals surface area (Å²) in [5.74, 6) is 0. The minimum absolute atomic E-state index is 0.583. The molecule has 0 fully saturated rings. The van der Waals surface area contributed by atoms with Gasteiger partial charge in [0.15, 0.2) is 0 Å². The number of aromatic nitrogens is 1. The summed E-state index contributed by atoms with van der Waals surface area (Å²) >= 11 is 0. The van der Waals surface area contributed by atoms with Gasteiger partial charge in [0, 0.05) is 18.9 Å². The van der Waals surface area contributed by atoms with Crippen LogP contribution in [0.15, 0.2) is 24.5 Å². The molecule has 0 aromatic carbocycles. The molecule has 0 aliphatic rings. The van der Waals surface area contributed by atoms with Crippen LogP contribution in [0.25, 0.3) is 0 Å². The number of hydrogen-bond donors (Lipinski definition) is 2. The summed E-state index contributed by atoms with van der Waals surface area (Å²) in [5.41, 5.74) is 2.55. The third kappa shape index (κ3) is 3.44. The van der Waals surface area contributed by atoms with Gasteiger partial charge >= 0.3 is 0 Å². The third-order valence-corrected chi connectivity index (χ3v) is 1.64. The van der Waals surface area contributed by atoms with E-state index in [0.29, 0.717) is 0 Å². The van der Waals surface area contributed by atoms with Crippen LogP contribution in [0.3, 0.4) is 0 Å². The average Bonchev–Trinajstić information content (AvgIpc) is 2.36. The predicted molar refractivity (Wildman–Crippen MR) is 49.6 cm³/mol. The van der Waals surface area contributed by atoms with Gasteiger partial charge < -0.3 is 10.5 Å². The van der Waals surface area contributed by atoms with Gasteiger partial charge in [-0.15, -0.1) is 0 Å². The van der Waals surface area contributed by atoms with Crippen molar-refractivity contribution in [3.05, 3.63) is 24.5 Å². The van der Waals surface area contributed by atoms with Crippen LogP contribution in [0.5, 0.6) is 0 Å². The van der Waals surface area contributed by atoms with Gasteiger partial charge in [0.2, 0.25) is 0 Å². The number of aliphatic hydroxyl groups is 1. The Hall–Kier alpha value is -0.960. The van der Waals surface area contributed by atoms with Gasteiger partial charge in [0.1, 0.15) is 0 Å². The van der Waals surface area contributed by atoms with Crippen LogP contribution in [0.1, 0.15) is 20.3 Å². The first-order valence-corrected chi connectivity index (χ1v) is 4.17. The molecule has 1 aromatic rings. The molecular formula is C9H16N2O. The standard InChI is InChI=1S/C9H16N2O/c1-9(2,12)5-6-10-11-7-3-4-8-11/h3-4,7-8,10,12H,5-6H2,1-2H3. The van der Waals surface area contributed by atoms with Crippen molar-refractivity contribution >= 4 is 0 Å². The maximum atomic E-state index is 9.40. The minimum atomic E-state index is -0.583. The maximum absolute atomic E-state index is 9.40. The zero-order valence-electron chi connectivity index (χ0n) is 7.62. The van der Waals surface area contributed by atoms with E-state index in [4.69, 9.17) is 0 Å². The average molecular weight is 168 g/mol. The van der Waals surface area contributed by atoms with Crippen LogP contribution in [0.4, 0.5) is 0 Å². The molecule has 0 bridgehead atoms. The molecule has 0 unspecified atom stereocenters. The van der Waals surface area contributed by atoms with Gasteiger partial charge in [0.05, 0.1) is 5.60 Å². The first-order valence-electron chi connectivity index (χ1n) is 4.17. The van der Waals surface area contributed by atoms with E-state index in [1.165, 1.54) is 0 Å². The highest BCUT2D eigenvalue weighted by molar-refractivity contribution is 4.93. The molecular weight excluding hydrogens is 152 g/mol. The Balaban J connectivity index is 2.20. The van der Waals surface area contributed by atoms with Gasteiger partial charge in [-0.2, -0.15) is 0 Å². The first kappa shape index (κ1) is 9.13. The SMILES string of the molecule is CC(C)(O)CCNn1cccc1. The van der Waals surface area contributed by atoms with E-state index in [-0.39, 0.29) is 0 Å². The Morgan fingerprint density at radius 3 is 2.42 bits per heavy atom. The quantitative estimate of drug-likeness (QED) is 0.708. The zero-order chi connectivity index (χ0) is 9.03. The molecule has 1 heterocycles. The lowest BCUT2D eigenvalue weighted by Gasteiger charge is -2.17. The highest BCUT2D eigenvalue weighted by Crippen LogP contribution is 2.05. The summed E-state index contributed by atoms with van der Waals surface area (Å²) in [5, 5.41) is 9.40. The molecule has 0 aliphatic carbocycles. The molecule has 3 heteroatoms. The molecule has 0 radical (unpaired) electrons. The van der Waals surface area contributed by atoms with Crippen LogP contribution >= 0.6 is 0 Å². The molecule has 1 rings (SSSR count). The van der Waals surface area contributed by atoms with Crippen LogP contribution < -0.4 is 5.43 Å². The van der Waals surface area contributed by atoms with Crippen molar-refractivity contribution in [2.24, 2.45) is 0 Å². The Morgan fingerprint density at radius 2 is 1.92 bits per heavy atom. The van der Waals surface area contributed by atoms with Gasteiger partial charge in [-0.3, -0.25) is 4.68 Å². The fraction of sp³-hybridized carbons (Fsp3) is 0.556. The van der Waals surface area contributed by atoms with E-state index in [2.05, 4.69) is 5.43 Å². The summed E-state index contributed by atoms with van der Waals surface area (Å²) in [6.07, 6.45) is 4.61. The van der Waals surface area contributed by atoms with Gasteiger partial charge in [0.25, 0.3) is 0 Å². The molecule has 0 aliphatic heterocycles. The summed E-state index contributed by atoms with van der Waals surface area (Å²) in [6, 6.07) is 3.91. The molecule has 0 spiro atoms. The number of rotatable bonds is 4. The van der Waals surface area contributed by atoms with Crippen molar-refractivity contribution < 1.29 is 5.11 Å². The topological polar surface area (TPSA) is 37.2 Å². The maximum Gasteiger partial charge on any atom is 0.0609 e. The highest BCUT2D eigenvalue weighted by Gasteiger charge is 2.10. The minimum Gasteiger partial charge on any atom is -0.390 e. The van der Waals surface area contributed by atoms with Crippen molar-refractivity contribution in [2.75, 3.05) is 12.0 Å². The van der Waals surface area contributed by atoms with E-state index in [0.717, 1.165) is 13.0 Å². The number of hydrogen-bond acceptors (Lipinski definition) is 2. The second kappa shape index (κ2) is 3.63. The number of nitrogens with zero attached hydrogens (tertiary/aromatic N) is 1. The van der Waals surface area contributed by atoms with Crippen LogP contribution in [-0.2, 0) is 0 Å². The molecule has 0 saturated carbocycles. The van der Waals surface area contributed by atoms with Crippen LogP contribution in [0.2, 0.25) is 0 Å². The smallest absolute Gasteiger partial charge is 0.0609 e. The molecule has 2 N–H and O–H groups in total. The summed E-state index contributed by atoms with van der Waals surface area (Å²) < 4.78 is 1.88. The number of nitrogens with one attached hydrogen (secondary N) is 1. The van der Waals surface area contributed by atoms with Crippen molar-refractivity contribution in [3.63, 3.8) is 0 Å². The molecule has 12 heavy (non-hydrogen) atoms. The fourth-order valence-electron chi connectivity index (χ4n) is 0.931. The van der Waals surface area contributed by atoms with Gasteiger partial charge in [-0.25, -0.2) is 0 Å². The van der Waals surface area contributed by atoms with Gasteiger partial charge in [-0.05, 0) is 32.4 Å². The lowest BCUT2D eigenvalue weighted by molar-refractivity contribution is 0.0741. The largest absolute Gasteiger partial charge is 0.390 e. The van der Waals surface area contributed by atoms with Crippen molar-refractivity contribution in [3.8, 4) is 0 Å². The summed E-state index contributed by atoms with van der Waals surface area (Å²) in [6.45, 7) is 4.40. The second-order valence-corrected chi connectivity index (χ2v) is 3.56. The Bertz CT molecular complexity index is 211. The summed E-state index contributed by atoms with van der Waals surface area (Å²) in [4.78, 5) is 0. The monoisotopic (exact) mass is 168 g/mol. The Kier molecular flexibility index (Phi) is 2.76. The molecule has 3 nitrogen and oxygen atoms in total. The first-order chi connectivity index (χ1) is 5.58. The van der Waals surface area contributed by atoms with Crippen LogP contribution in [-0.4, -0.2) is 21.9 Å². The van der Waals surface area contributed by atoms with E-state index in [1.54, 1.807) is 0 Å². The van der Waals surface area contributed by atoms with Crippen molar-refractivity contribution in [2.45, 2.75) is 25.9 Å². The second-order valence-electron chi connectivity index (χ2n) is 3.56. The van der Waals surface area contributed by atoms with E-state index in [1.807, 2.05) is 43.0 Å². The van der Waals surface area contributed by atoms with E-state index < -0.39 is 5.60 Å². The highest BCUT2D eigenvalue weighted by atomic mass is 16.3. The molecule has 0 atom stereocenters. The van der Waals surface area contributed by atoms with Crippen molar-refractivity contribution in [1.29, 1.82) is 0 Å². The molecule has 0 saturated heterocycles. The Labute approximate surface area is 73.0 Å². The Morgan fingerprint density at radius 1 is 1.33 bits per heavy atom. The lowest BCUT2D eigenvalue weighted by Crippen LogP contribution is -2.25. The molecule has 1 aromatic heterocycles. The normalized spacial score (nSPS) is 11.6. The fourth-order valence-corrected chi connectivity index (χ4v) is 0.931. The van der Waals surface area contributed by atoms with Gasteiger partial charge in [-0.1, -0.05) is 0 Å². The van der Waals surface area contributed by atoms with E-state index >= 15 is 0 Å². The lowest BCUT2D eigenvalue weighted by atomic mass is 10.1. The van der Waals surface area contributed by atoms with Crippen LogP contribution in [0, 0.1) is 0 Å². The predicted octanol–water partition coefficient (Wildman–Crippen LogP) is 1.19. The summed E-state index contributed by atoms with van der Waals surface area (Å²) in [7, 11) is 0.